The minimum absolute atomic E-state index is 0.0897. The van der Waals surface area contributed by atoms with Crippen LogP contribution in [0.1, 0.15) is 67.8 Å². The minimum Gasteiger partial charge on any atom is -0.490 e. The van der Waals surface area contributed by atoms with Gasteiger partial charge in [0.25, 0.3) is 0 Å². The van der Waals surface area contributed by atoms with E-state index >= 15 is 0 Å². The van der Waals surface area contributed by atoms with Gasteiger partial charge in [-0.25, -0.2) is 0 Å². The molecule has 2 aromatic carbocycles. The number of rotatable bonds is 13. The van der Waals surface area contributed by atoms with Crippen molar-refractivity contribution in [2.75, 3.05) is 18.5 Å². The molecule has 4 aromatic rings. The molecule has 2 atom stereocenters. The molecule has 8 heteroatoms. The number of anilines is 1. The molecule has 41 heavy (non-hydrogen) atoms. The Bertz CT molecular complexity index is 1430. The highest BCUT2D eigenvalue weighted by Gasteiger charge is 2.24. The van der Waals surface area contributed by atoms with E-state index in [2.05, 4.69) is 56.9 Å². The average Bonchev–Trinajstić information content (AvgIpc) is 3.65. The number of nitrogens with zero attached hydrogens (tertiary/aromatic N) is 2. The van der Waals surface area contributed by atoms with Gasteiger partial charge in [0.15, 0.2) is 0 Å². The Hall–Kier alpha value is -3.75. The summed E-state index contributed by atoms with van der Waals surface area (Å²) in [5, 5.41) is 18.4. The lowest BCUT2D eigenvalue weighted by atomic mass is 9.94. The van der Waals surface area contributed by atoms with E-state index < -0.39 is 6.10 Å². The number of para-hydroxylation sites is 1. The maximum atomic E-state index is 11.8. The first-order valence-electron chi connectivity index (χ1n) is 14.8. The van der Waals surface area contributed by atoms with Crippen molar-refractivity contribution in [2.45, 2.75) is 76.9 Å². The number of aryl methyl sites for hydroxylation is 2. The van der Waals surface area contributed by atoms with E-state index in [1.165, 1.54) is 41.8 Å². The number of amides is 1. The van der Waals surface area contributed by atoms with Crippen molar-refractivity contribution in [2.24, 2.45) is 0 Å². The van der Waals surface area contributed by atoms with E-state index in [1.807, 2.05) is 24.4 Å². The number of carbonyl (C=O) groups excluding carboxylic acids is 1. The number of hydrogen-bond donors (Lipinski definition) is 4. The third-order valence-electron chi connectivity index (χ3n) is 7.95. The highest BCUT2D eigenvalue weighted by molar-refractivity contribution is 5.90. The third-order valence-corrected chi connectivity index (χ3v) is 7.95. The highest BCUT2D eigenvalue weighted by atomic mass is 16.5. The van der Waals surface area contributed by atoms with Gasteiger partial charge in [-0.05, 0) is 68.2 Å². The largest absolute Gasteiger partial charge is 0.490 e. The molecule has 216 valence electrons. The zero-order valence-corrected chi connectivity index (χ0v) is 24.0. The number of hydrogen-bond acceptors (Lipinski definition) is 6. The molecule has 1 aliphatic rings. The van der Waals surface area contributed by atoms with Gasteiger partial charge in [0.05, 0.1) is 5.69 Å². The number of aromatic nitrogens is 3. The summed E-state index contributed by atoms with van der Waals surface area (Å²) >= 11 is 0. The van der Waals surface area contributed by atoms with Gasteiger partial charge in [0.1, 0.15) is 18.5 Å². The van der Waals surface area contributed by atoms with Crippen molar-refractivity contribution in [3.8, 4) is 5.75 Å². The van der Waals surface area contributed by atoms with E-state index in [0.29, 0.717) is 12.5 Å². The van der Waals surface area contributed by atoms with Crippen LogP contribution in [-0.4, -0.2) is 51.3 Å². The van der Waals surface area contributed by atoms with Gasteiger partial charge in [0, 0.05) is 66.5 Å². The lowest BCUT2D eigenvalue weighted by Gasteiger charge is -2.22. The molecule has 1 fully saturated rings. The van der Waals surface area contributed by atoms with Gasteiger partial charge in [-0.2, -0.15) is 0 Å². The van der Waals surface area contributed by atoms with E-state index in [0.717, 1.165) is 54.8 Å². The molecule has 0 spiro atoms. The van der Waals surface area contributed by atoms with Crippen LogP contribution in [0.4, 0.5) is 5.69 Å². The Kier molecular flexibility index (Phi) is 9.64. The van der Waals surface area contributed by atoms with Crippen LogP contribution in [0.3, 0.4) is 0 Å². The average molecular weight is 556 g/mol. The third kappa shape index (κ3) is 7.51. The van der Waals surface area contributed by atoms with Crippen LogP contribution in [0, 0.1) is 0 Å². The number of ether oxygens (including phenoxy) is 1. The SMILES string of the molecule is CC(=O)Nc1cccc(OCC(O)CNC(C)Cc2c[nH]c3c(CCc4cnccn4)cccc23)c1C1CCCC1. The van der Waals surface area contributed by atoms with E-state index in [4.69, 9.17) is 4.74 Å². The smallest absolute Gasteiger partial charge is 0.221 e. The second-order valence-corrected chi connectivity index (χ2v) is 11.2. The van der Waals surface area contributed by atoms with Crippen molar-refractivity contribution < 1.29 is 14.6 Å². The zero-order valence-electron chi connectivity index (χ0n) is 24.0. The normalized spacial score (nSPS) is 15.2. The van der Waals surface area contributed by atoms with Crippen LogP contribution in [0.25, 0.3) is 10.9 Å². The van der Waals surface area contributed by atoms with Crippen molar-refractivity contribution in [3.63, 3.8) is 0 Å². The summed E-state index contributed by atoms with van der Waals surface area (Å²) in [6, 6.07) is 12.4. The fourth-order valence-electron chi connectivity index (χ4n) is 5.96. The predicted molar refractivity (Wildman–Crippen MR) is 162 cm³/mol. The lowest BCUT2D eigenvalue weighted by molar-refractivity contribution is -0.114. The molecule has 5 rings (SSSR count). The van der Waals surface area contributed by atoms with E-state index in [-0.39, 0.29) is 18.6 Å². The molecule has 8 nitrogen and oxygen atoms in total. The van der Waals surface area contributed by atoms with Gasteiger partial charge in [-0.1, -0.05) is 37.1 Å². The maximum Gasteiger partial charge on any atom is 0.221 e. The molecule has 2 heterocycles. The van der Waals surface area contributed by atoms with Crippen molar-refractivity contribution in [1.82, 2.24) is 20.3 Å². The Morgan fingerprint density at radius 1 is 1.12 bits per heavy atom. The number of benzene rings is 2. The number of fused-ring (bicyclic) bond motifs is 1. The maximum absolute atomic E-state index is 11.8. The molecule has 4 N–H and O–H groups in total. The lowest BCUT2D eigenvalue weighted by Crippen LogP contribution is -2.37. The molecule has 0 radical (unpaired) electrons. The number of H-pyrrole nitrogens is 1. The molecule has 2 aromatic heterocycles. The quantitative estimate of drug-likeness (QED) is 0.178. The summed E-state index contributed by atoms with van der Waals surface area (Å²) in [7, 11) is 0. The number of nitrogens with one attached hydrogen (secondary N) is 3. The minimum atomic E-state index is -0.658. The number of aliphatic hydroxyl groups excluding tert-OH is 1. The second kappa shape index (κ2) is 13.7. The van der Waals surface area contributed by atoms with Crippen molar-refractivity contribution in [1.29, 1.82) is 0 Å². The number of aromatic amines is 1. The highest BCUT2D eigenvalue weighted by Crippen LogP contribution is 2.42. The molecule has 1 saturated carbocycles. The standard InChI is InChI=1S/C33H41N5O3/c1-22(17-26-18-37-33-25(9-5-10-29(26)33)13-14-27-19-34-15-16-35-27)36-20-28(40)21-41-31-12-6-11-30(38-23(2)39)32(31)24-7-3-4-8-24/h5-6,9-12,15-16,18-19,22,24,28,36-37,40H,3-4,7-8,13-14,17,20-21H2,1-2H3,(H,38,39). The van der Waals surface area contributed by atoms with Crippen LogP contribution in [0.15, 0.2) is 61.2 Å². The van der Waals surface area contributed by atoms with Gasteiger partial charge < -0.3 is 25.5 Å². The zero-order chi connectivity index (χ0) is 28.6. The van der Waals surface area contributed by atoms with Crippen LogP contribution in [0.2, 0.25) is 0 Å². The fourth-order valence-corrected chi connectivity index (χ4v) is 5.96. The van der Waals surface area contributed by atoms with Crippen LogP contribution in [0.5, 0.6) is 5.75 Å². The van der Waals surface area contributed by atoms with Crippen LogP contribution in [-0.2, 0) is 24.1 Å². The molecule has 1 amide bonds. The Balaban J connectivity index is 1.15. The fraction of sp³-hybridized carbons (Fsp3) is 0.424. The van der Waals surface area contributed by atoms with E-state index in [9.17, 15) is 9.90 Å². The summed E-state index contributed by atoms with van der Waals surface area (Å²) in [4.78, 5) is 23.8. The summed E-state index contributed by atoms with van der Waals surface area (Å²) in [6.45, 7) is 4.28. The Labute approximate surface area is 242 Å². The topological polar surface area (TPSA) is 112 Å². The first kappa shape index (κ1) is 28.8. The van der Waals surface area contributed by atoms with Gasteiger partial charge in [0.2, 0.25) is 5.91 Å². The molecule has 0 aliphatic heterocycles. The molecular formula is C33H41N5O3. The number of carbonyl (C=O) groups is 1. The second-order valence-electron chi connectivity index (χ2n) is 11.2. The molecule has 0 bridgehead atoms. The number of aliphatic hydroxyl groups is 1. The Morgan fingerprint density at radius 3 is 2.73 bits per heavy atom. The molecule has 0 saturated heterocycles. The first-order valence-corrected chi connectivity index (χ1v) is 14.8. The molecular weight excluding hydrogens is 514 g/mol. The van der Waals surface area contributed by atoms with E-state index in [1.54, 1.807) is 12.4 Å². The summed E-state index contributed by atoms with van der Waals surface area (Å²) in [5.41, 5.74) is 6.57. The Morgan fingerprint density at radius 2 is 1.95 bits per heavy atom. The summed E-state index contributed by atoms with van der Waals surface area (Å²) in [6.07, 6.45) is 13.8. The van der Waals surface area contributed by atoms with Gasteiger partial charge in [-0.15, -0.1) is 0 Å². The molecule has 1 aliphatic carbocycles. The summed E-state index contributed by atoms with van der Waals surface area (Å²) < 4.78 is 6.14. The van der Waals surface area contributed by atoms with Crippen LogP contribution < -0.4 is 15.4 Å². The predicted octanol–water partition coefficient (Wildman–Crippen LogP) is 5.32. The van der Waals surface area contributed by atoms with Gasteiger partial charge in [-0.3, -0.25) is 14.8 Å². The van der Waals surface area contributed by atoms with Crippen molar-refractivity contribution >= 4 is 22.5 Å². The first-order chi connectivity index (χ1) is 20.0. The molecule has 2 unspecified atom stereocenters. The summed E-state index contributed by atoms with van der Waals surface area (Å²) in [5.74, 6) is 1.03. The van der Waals surface area contributed by atoms with Crippen LogP contribution >= 0.6 is 0 Å². The van der Waals surface area contributed by atoms with Gasteiger partial charge >= 0.3 is 0 Å². The van der Waals surface area contributed by atoms with Crippen molar-refractivity contribution in [3.05, 3.63) is 83.6 Å². The monoisotopic (exact) mass is 555 g/mol.